The fourth-order valence-corrected chi connectivity index (χ4v) is 5.04. The molecule has 3 heterocycles. The number of thioether (sulfide) groups is 1. The maximum Gasteiger partial charge on any atom is 0.227 e. The Hall–Kier alpha value is -1.60. The minimum atomic E-state index is -0.209. The first-order valence-corrected chi connectivity index (χ1v) is 10.1. The number of carbonyl (C=O) groups excluding carboxylic acids is 1. The average Bonchev–Trinajstić information content (AvgIpc) is 3.09. The highest BCUT2D eigenvalue weighted by Gasteiger charge is 2.45. The van der Waals surface area contributed by atoms with E-state index in [9.17, 15) is 4.79 Å². The third-order valence-electron chi connectivity index (χ3n) is 4.66. The fraction of sp³-hybridized carbons (Fsp3) is 0.471. The maximum absolute atomic E-state index is 13.0. The average molecular weight is 361 g/mol. The molecule has 1 N–H and O–H groups in total. The molecule has 0 unspecified atom stereocenters. The summed E-state index contributed by atoms with van der Waals surface area (Å²) < 4.78 is 1.91. The monoisotopic (exact) mass is 360 g/mol. The molecule has 1 aliphatic heterocycles. The fourth-order valence-electron chi connectivity index (χ4n) is 3.64. The molecular weight excluding hydrogens is 340 g/mol. The van der Waals surface area contributed by atoms with Crippen molar-refractivity contribution in [2.45, 2.75) is 38.4 Å². The van der Waals surface area contributed by atoms with Crippen molar-refractivity contribution in [3.8, 4) is 0 Å². The smallest absolute Gasteiger partial charge is 0.227 e. The first kappa shape index (κ1) is 15.9. The summed E-state index contributed by atoms with van der Waals surface area (Å²) in [4.78, 5) is 18.8. The third-order valence-corrected chi connectivity index (χ3v) is 6.29. The van der Waals surface area contributed by atoms with E-state index in [1.165, 1.54) is 22.2 Å². The van der Waals surface area contributed by atoms with Gasteiger partial charge in [0.15, 0.2) is 0 Å². The van der Waals surface area contributed by atoms with Crippen LogP contribution in [0.5, 0.6) is 0 Å². The first-order valence-electron chi connectivity index (χ1n) is 7.96. The SMILES string of the molecule is CSc1nc2n(n1)[C@@H](c1sccc1C)[C@@H]1C(=O)CC(C)(C)C=C1N2. The lowest BCUT2D eigenvalue weighted by Gasteiger charge is -2.39. The summed E-state index contributed by atoms with van der Waals surface area (Å²) >= 11 is 3.21. The molecule has 5 nitrogen and oxygen atoms in total. The summed E-state index contributed by atoms with van der Waals surface area (Å²) in [7, 11) is 0. The van der Waals surface area contributed by atoms with E-state index in [1.807, 2.05) is 10.9 Å². The van der Waals surface area contributed by atoms with E-state index in [2.05, 4.69) is 53.7 Å². The molecule has 0 aromatic carbocycles. The van der Waals surface area contributed by atoms with Crippen LogP contribution >= 0.6 is 23.1 Å². The van der Waals surface area contributed by atoms with Crippen molar-refractivity contribution >= 4 is 34.8 Å². The Balaban J connectivity index is 1.93. The summed E-state index contributed by atoms with van der Waals surface area (Å²) in [6, 6.07) is 2.00. The Morgan fingerprint density at radius 3 is 2.92 bits per heavy atom. The number of allylic oxidation sites excluding steroid dienone is 2. The largest absolute Gasteiger partial charge is 0.328 e. The van der Waals surface area contributed by atoms with E-state index in [0.717, 1.165) is 16.8 Å². The molecule has 0 radical (unpaired) electrons. The van der Waals surface area contributed by atoms with Gasteiger partial charge in [0.1, 0.15) is 11.8 Å². The van der Waals surface area contributed by atoms with Crippen LogP contribution in [0.1, 0.15) is 36.8 Å². The lowest BCUT2D eigenvalue weighted by Crippen LogP contribution is -2.41. The summed E-state index contributed by atoms with van der Waals surface area (Å²) in [6.07, 6.45) is 4.72. The Kier molecular flexibility index (Phi) is 3.61. The molecule has 4 rings (SSSR count). The van der Waals surface area contributed by atoms with Crippen molar-refractivity contribution in [2.24, 2.45) is 11.3 Å². The van der Waals surface area contributed by atoms with Crippen molar-refractivity contribution in [3.63, 3.8) is 0 Å². The summed E-state index contributed by atoms with van der Waals surface area (Å²) in [6.45, 7) is 6.31. The third kappa shape index (κ3) is 2.41. The number of hydrogen-bond donors (Lipinski definition) is 1. The van der Waals surface area contributed by atoms with Gasteiger partial charge in [0, 0.05) is 17.0 Å². The molecule has 0 amide bonds. The van der Waals surface area contributed by atoms with Crippen LogP contribution in [0.15, 0.2) is 28.4 Å². The van der Waals surface area contributed by atoms with Gasteiger partial charge in [-0.1, -0.05) is 31.7 Å². The molecule has 1 aliphatic carbocycles. The summed E-state index contributed by atoms with van der Waals surface area (Å²) in [5, 5.41) is 10.8. The van der Waals surface area contributed by atoms with Gasteiger partial charge in [0.2, 0.25) is 11.1 Å². The van der Waals surface area contributed by atoms with Crippen LogP contribution in [-0.4, -0.2) is 26.8 Å². The van der Waals surface area contributed by atoms with Crippen LogP contribution in [0.2, 0.25) is 0 Å². The molecule has 2 aromatic rings. The Bertz CT molecular complexity index is 849. The Morgan fingerprint density at radius 1 is 1.46 bits per heavy atom. The molecule has 126 valence electrons. The van der Waals surface area contributed by atoms with E-state index in [-0.39, 0.29) is 23.2 Å². The molecular formula is C17H20N4OS2. The second-order valence-corrected chi connectivity index (χ2v) is 8.83. The van der Waals surface area contributed by atoms with Gasteiger partial charge >= 0.3 is 0 Å². The van der Waals surface area contributed by atoms with Crippen LogP contribution in [0.25, 0.3) is 0 Å². The lowest BCUT2D eigenvalue weighted by atomic mass is 9.72. The summed E-state index contributed by atoms with van der Waals surface area (Å²) in [5.74, 6) is 0.791. The Morgan fingerprint density at radius 2 is 2.25 bits per heavy atom. The predicted octanol–water partition coefficient (Wildman–Crippen LogP) is 3.88. The number of nitrogens with one attached hydrogen (secondary N) is 1. The molecule has 2 atom stereocenters. The van der Waals surface area contributed by atoms with Crippen molar-refractivity contribution in [1.82, 2.24) is 14.8 Å². The molecule has 7 heteroatoms. The molecule has 0 saturated carbocycles. The van der Waals surface area contributed by atoms with E-state index in [0.29, 0.717) is 6.42 Å². The van der Waals surface area contributed by atoms with Gasteiger partial charge in [-0.3, -0.25) is 4.79 Å². The second kappa shape index (κ2) is 5.46. The van der Waals surface area contributed by atoms with Crippen molar-refractivity contribution < 1.29 is 4.79 Å². The Labute approximate surface area is 149 Å². The van der Waals surface area contributed by atoms with Gasteiger partial charge in [-0.25, -0.2) is 4.68 Å². The van der Waals surface area contributed by atoms with Crippen LogP contribution in [0, 0.1) is 18.3 Å². The predicted molar refractivity (Wildman–Crippen MR) is 97.6 cm³/mol. The number of thiophene rings is 1. The zero-order chi connectivity index (χ0) is 17.1. The minimum Gasteiger partial charge on any atom is -0.328 e. The second-order valence-electron chi connectivity index (χ2n) is 7.11. The van der Waals surface area contributed by atoms with E-state index < -0.39 is 0 Å². The number of aromatic nitrogens is 3. The first-order chi connectivity index (χ1) is 11.4. The normalized spacial score (nSPS) is 24.8. The number of fused-ring (bicyclic) bond motifs is 2. The standard InChI is InChI=1S/C17H20N4OS2/c1-9-5-6-24-14(9)13-12-10(7-17(2,3)8-11(12)22)18-15-19-16(23-4)20-21(13)15/h5-7,12-13H,8H2,1-4H3,(H,18,19,20)/t12-,13+/m0/s1. The minimum absolute atomic E-state index is 0.107. The van der Waals surface area contributed by atoms with E-state index in [4.69, 9.17) is 0 Å². The van der Waals surface area contributed by atoms with Gasteiger partial charge in [-0.2, -0.15) is 4.98 Å². The van der Waals surface area contributed by atoms with Crippen LogP contribution in [0.4, 0.5) is 5.95 Å². The van der Waals surface area contributed by atoms with Crippen LogP contribution in [0.3, 0.4) is 0 Å². The number of rotatable bonds is 2. The molecule has 2 aliphatic rings. The quantitative estimate of drug-likeness (QED) is 0.824. The van der Waals surface area contributed by atoms with E-state index >= 15 is 0 Å². The van der Waals surface area contributed by atoms with Gasteiger partial charge < -0.3 is 5.32 Å². The summed E-state index contributed by atoms with van der Waals surface area (Å²) in [5.41, 5.74) is 2.05. The highest BCUT2D eigenvalue weighted by molar-refractivity contribution is 7.98. The zero-order valence-corrected chi connectivity index (χ0v) is 15.8. The number of nitrogens with zero attached hydrogens (tertiary/aromatic N) is 3. The molecule has 24 heavy (non-hydrogen) atoms. The molecule has 0 bridgehead atoms. The number of ketones is 1. The van der Waals surface area contributed by atoms with Gasteiger partial charge in [0.05, 0.1) is 5.92 Å². The number of anilines is 1. The van der Waals surface area contributed by atoms with E-state index in [1.54, 1.807) is 11.3 Å². The topological polar surface area (TPSA) is 59.8 Å². The van der Waals surface area contributed by atoms with Crippen molar-refractivity contribution in [1.29, 1.82) is 0 Å². The molecule has 2 aromatic heterocycles. The van der Waals surface area contributed by atoms with Crippen LogP contribution in [-0.2, 0) is 4.79 Å². The number of Topliss-reactive ketones (excluding diaryl/α,β-unsaturated/α-hetero) is 1. The molecule has 0 spiro atoms. The molecule has 0 saturated heterocycles. The van der Waals surface area contributed by atoms with Gasteiger partial charge in [0.25, 0.3) is 0 Å². The number of carbonyl (C=O) groups is 1. The van der Waals surface area contributed by atoms with Gasteiger partial charge in [-0.15, -0.1) is 16.4 Å². The molecule has 0 fully saturated rings. The number of hydrogen-bond acceptors (Lipinski definition) is 6. The lowest BCUT2D eigenvalue weighted by molar-refractivity contribution is -0.125. The van der Waals surface area contributed by atoms with Crippen molar-refractivity contribution in [2.75, 3.05) is 11.6 Å². The van der Waals surface area contributed by atoms with Crippen LogP contribution < -0.4 is 5.32 Å². The van der Waals surface area contributed by atoms with Gasteiger partial charge in [-0.05, 0) is 35.6 Å². The highest BCUT2D eigenvalue weighted by atomic mass is 32.2. The van der Waals surface area contributed by atoms with Crippen molar-refractivity contribution in [3.05, 3.63) is 33.7 Å². The zero-order valence-electron chi connectivity index (χ0n) is 14.2. The maximum atomic E-state index is 13.0. The highest BCUT2D eigenvalue weighted by Crippen LogP contribution is 2.47. The number of aryl methyl sites for hydroxylation is 1.